The number of hydrogen-bond acceptors (Lipinski definition) is 6. The van der Waals surface area contributed by atoms with Crippen molar-refractivity contribution < 1.29 is 5.11 Å². The van der Waals surface area contributed by atoms with Crippen LogP contribution < -0.4 is 4.90 Å². The molecule has 0 aliphatic carbocycles. The van der Waals surface area contributed by atoms with Gasteiger partial charge in [0.25, 0.3) is 0 Å². The molecule has 2 unspecified atom stereocenters. The van der Waals surface area contributed by atoms with Gasteiger partial charge in [0.1, 0.15) is 12.1 Å². The Labute approximate surface area is 169 Å². The SMILES string of the molecule is CC(O)C1CCN(c2cc(C3=NCc4ccc(-c5cnn(C)c5)cc43)ncn2)C1. The number of aliphatic hydroxyl groups is 1. The van der Waals surface area contributed by atoms with E-state index in [-0.39, 0.29) is 6.10 Å². The fourth-order valence-corrected chi connectivity index (χ4v) is 4.19. The van der Waals surface area contributed by atoms with Gasteiger partial charge in [-0.1, -0.05) is 12.1 Å². The first kappa shape index (κ1) is 18.0. The lowest BCUT2D eigenvalue weighted by Gasteiger charge is -2.19. The van der Waals surface area contributed by atoms with Crippen molar-refractivity contribution in [1.29, 1.82) is 0 Å². The summed E-state index contributed by atoms with van der Waals surface area (Å²) in [5.74, 6) is 1.19. The highest BCUT2D eigenvalue weighted by atomic mass is 16.3. The molecular weight excluding hydrogens is 364 g/mol. The van der Waals surface area contributed by atoms with Crippen LogP contribution in [0.2, 0.25) is 0 Å². The maximum atomic E-state index is 9.89. The van der Waals surface area contributed by atoms with Crippen molar-refractivity contribution in [2.45, 2.75) is 26.0 Å². The Hall–Kier alpha value is -3.06. The van der Waals surface area contributed by atoms with E-state index in [9.17, 15) is 5.11 Å². The molecule has 2 aromatic heterocycles. The van der Waals surface area contributed by atoms with Crippen LogP contribution in [0.3, 0.4) is 0 Å². The molecule has 2 aliphatic heterocycles. The van der Waals surface area contributed by atoms with Gasteiger partial charge in [0.2, 0.25) is 0 Å². The standard InChI is InChI=1S/C22H24N6O/c1-14(29)17-5-6-28(12-17)21-8-20(24-13-25-21)22-19-7-15(3-4-16(19)9-23-22)18-10-26-27(2)11-18/h3-4,7-8,10-11,13-14,17,29H,5-6,9,12H2,1-2H3. The van der Waals surface area contributed by atoms with Gasteiger partial charge in [-0.25, -0.2) is 9.97 Å². The molecule has 0 spiro atoms. The van der Waals surface area contributed by atoms with Crippen LogP contribution in [0.1, 0.15) is 30.2 Å². The number of rotatable bonds is 4. The Bertz CT molecular complexity index is 1090. The first-order chi connectivity index (χ1) is 14.1. The summed E-state index contributed by atoms with van der Waals surface area (Å²) in [6.07, 6.45) is 6.20. The summed E-state index contributed by atoms with van der Waals surface area (Å²) in [5.41, 5.74) is 6.31. The molecule has 5 rings (SSSR count). The lowest BCUT2D eigenvalue weighted by Crippen LogP contribution is -2.25. The normalized spacial score (nSPS) is 19.3. The Balaban J connectivity index is 1.45. The number of hydrogen-bond donors (Lipinski definition) is 1. The van der Waals surface area contributed by atoms with Gasteiger partial charge >= 0.3 is 0 Å². The third kappa shape index (κ3) is 3.31. The zero-order valence-electron chi connectivity index (χ0n) is 16.7. The number of anilines is 1. The lowest BCUT2D eigenvalue weighted by atomic mass is 9.98. The summed E-state index contributed by atoms with van der Waals surface area (Å²) in [7, 11) is 1.92. The third-order valence-corrected chi connectivity index (χ3v) is 5.94. The molecule has 148 valence electrons. The zero-order chi connectivity index (χ0) is 20.0. The molecule has 7 nitrogen and oxygen atoms in total. The van der Waals surface area contributed by atoms with E-state index in [1.807, 2.05) is 37.1 Å². The second-order valence-electron chi connectivity index (χ2n) is 7.94. The van der Waals surface area contributed by atoms with Gasteiger partial charge in [-0.2, -0.15) is 5.10 Å². The fourth-order valence-electron chi connectivity index (χ4n) is 4.19. The molecule has 7 heteroatoms. The minimum atomic E-state index is -0.293. The molecule has 3 aromatic rings. The van der Waals surface area contributed by atoms with Gasteiger partial charge in [-0.15, -0.1) is 0 Å². The third-order valence-electron chi connectivity index (χ3n) is 5.94. The number of aliphatic imine (C=N–C) groups is 1. The molecule has 0 saturated carbocycles. The maximum Gasteiger partial charge on any atom is 0.132 e. The van der Waals surface area contributed by atoms with Crippen LogP contribution in [0.25, 0.3) is 11.1 Å². The van der Waals surface area contributed by atoms with Crippen molar-refractivity contribution in [3.8, 4) is 11.1 Å². The molecule has 29 heavy (non-hydrogen) atoms. The predicted molar refractivity (Wildman–Crippen MR) is 112 cm³/mol. The Kier molecular flexibility index (Phi) is 4.39. The molecule has 1 saturated heterocycles. The van der Waals surface area contributed by atoms with Crippen LogP contribution in [0.15, 0.2) is 48.0 Å². The van der Waals surface area contributed by atoms with Gasteiger partial charge in [0, 0.05) is 49.4 Å². The molecule has 4 heterocycles. The topological polar surface area (TPSA) is 79.4 Å². The smallest absolute Gasteiger partial charge is 0.132 e. The Morgan fingerprint density at radius 3 is 2.83 bits per heavy atom. The van der Waals surface area contributed by atoms with Crippen LogP contribution in [0, 0.1) is 5.92 Å². The van der Waals surface area contributed by atoms with Crippen LogP contribution in [0.4, 0.5) is 5.82 Å². The minimum absolute atomic E-state index is 0.292. The van der Waals surface area contributed by atoms with E-state index in [4.69, 9.17) is 4.99 Å². The first-order valence-corrected chi connectivity index (χ1v) is 10.0. The second kappa shape index (κ2) is 7.08. The summed E-state index contributed by atoms with van der Waals surface area (Å²) >= 11 is 0. The van der Waals surface area contributed by atoms with Gasteiger partial charge in [-0.05, 0) is 30.5 Å². The fraction of sp³-hybridized carbons (Fsp3) is 0.364. The average Bonchev–Trinajstić information content (AvgIpc) is 3.47. The maximum absolute atomic E-state index is 9.89. The number of aliphatic hydroxyl groups excluding tert-OH is 1. The molecule has 1 aromatic carbocycles. The van der Waals surface area contributed by atoms with Crippen molar-refractivity contribution in [2.24, 2.45) is 18.0 Å². The molecule has 0 amide bonds. The van der Waals surface area contributed by atoms with Gasteiger partial charge in [-0.3, -0.25) is 9.67 Å². The summed E-state index contributed by atoms with van der Waals surface area (Å²) in [6, 6.07) is 8.47. The Morgan fingerprint density at radius 1 is 1.17 bits per heavy atom. The minimum Gasteiger partial charge on any atom is -0.393 e. The zero-order valence-corrected chi connectivity index (χ0v) is 16.7. The number of fused-ring (bicyclic) bond motifs is 1. The van der Waals surface area contributed by atoms with Crippen molar-refractivity contribution in [2.75, 3.05) is 18.0 Å². The molecular formula is C22H24N6O. The summed E-state index contributed by atoms with van der Waals surface area (Å²) in [6.45, 7) is 4.26. The highest BCUT2D eigenvalue weighted by molar-refractivity contribution is 6.14. The first-order valence-electron chi connectivity index (χ1n) is 10.0. The lowest BCUT2D eigenvalue weighted by molar-refractivity contribution is 0.136. The quantitative estimate of drug-likeness (QED) is 0.743. The van der Waals surface area contributed by atoms with E-state index in [1.54, 1.807) is 6.33 Å². The number of nitrogens with zero attached hydrogens (tertiary/aromatic N) is 6. The van der Waals surface area contributed by atoms with E-state index in [0.29, 0.717) is 12.5 Å². The van der Waals surface area contributed by atoms with E-state index >= 15 is 0 Å². The van der Waals surface area contributed by atoms with Gasteiger partial charge in [0.15, 0.2) is 0 Å². The van der Waals surface area contributed by atoms with Crippen LogP contribution in [0.5, 0.6) is 0 Å². The highest BCUT2D eigenvalue weighted by Crippen LogP contribution is 2.30. The van der Waals surface area contributed by atoms with Gasteiger partial charge in [0.05, 0.1) is 30.3 Å². The van der Waals surface area contributed by atoms with Crippen molar-refractivity contribution >= 4 is 11.5 Å². The summed E-state index contributed by atoms with van der Waals surface area (Å²) < 4.78 is 1.81. The van der Waals surface area contributed by atoms with E-state index < -0.39 is 0 Å². The summed E-state index contributed by atoms with van der Waals surface area (Å²) in [4.78, 5) is 16.0. The predicted octanol–water partition coefficient (Wildman–Crippen LogP) is 2.44. The Morgan fingerprint density at radius 2 is 2.07 bits per heavy atom. The number of benzene rings is 1. The largest absolute Gasteiger partial charge is 0.393 e. The number of aromatic nitrogens is 4. The second-order valence-corrected chi connectivity index (χ2v) is 7.94. The van der Waals surface area contributed by atoms with Crippen molar-refractivity contribution in [3.63, 3.8) is 0 Å². The van der Waals surface area contributed by atoms with Crippen LogP contribution in [-0.2, 0) is 13.6 Å². The van der Waals surface area contributed by atoms with Gasteiger partial charge < -0.3 is 10.0 Å². The van der Waals surface area contributed by atoms with Crippen LogP contribution >= 0.6 is 0 Å². The van der Waals surface area contributed by atoms with Crippen LogP contribution in [-0.4, -0.2) is 49.8 Å². The number of aryl methyl sites for hydroxylation is 1. The average molecular weight is 388 g/mol. The molecule has 2 aliphatic rings. The monoisotopic (exact) mass is 388 g/mol. The van der Waals surface area contributed by atoms with E-state index in [0.717, 1.165) is 53.4 Å². The van der Waals surface area contributed by atoms with E-state index in [1.165, 1.54) is 5.56 Å². The van der Waals surface area contributed by atoms with Crippen molar-refractivity contribution in [3.05, 3.63) is 59.8 Å². The molecule has 2 atom stereocenters. The molecule has 1 fully saturated rings. The van der Waals surface area contributed by atoms with Crippen molar-refractivity contribution in [1.82, 2.24) is 19.7 Å². The molecule has 0 bridgehead atoms. The molecule has 1 N–H and O–H groups in total. The molecule has 0 radical (unpaired) electrons. The summed E-state index contributed by atoms with van der Waals surface area (Å²) in [5, 5.41) is 14.2. The highest BCUT2D eigenvalue weighted by Gasteiger charge is 2.28. The van der Waals surface area contributed by atoms with E-state index in [2.05, 4.69) is 38.2 Å².